The lowest BCUT2D eigenvalue weighted by molar-refractivity contribution is -0.143. The number of amides is 1. The summed E-state index contributed by atoms with van der Waals surface area (Å²) in [5.41, 5.74) is 0. The van der Waals surface area contributed by atoms with Crippen LogP contribution in [-0.2, 0) is 16.1 Å². The second-order valence-electron chi connectivity index (χ2n) is 4.08. The van der Waals surface area contributed by atoms with Crippen LogP contribution < -0.4 is 5.32 Å². The minimum Gasteiger partial charge on any atom is -0.481 e. The predicted molar refractivity (Wildman–Crippen MR) is 65.9 cm³/mol. The molecule has 2 heterocycles. The van der Waals surface area contributed by atoms with E-state index in [-0.39, 0.29) is 12.3 Å². The number of nitrogens with one attached hydrogen (secondary N) is 1. The average molecular weight is 317 g/mol. The van der Waals surface area contributed by atoms with Crippen molar-refractivity contribution in [3.05, 3.63) is 22.6 Å². The van der Waals surface area contributed by atoms with Gasteiger partial charge in [-0.25, -0.2) is 0 Å². The number of nitrogens with zero attached hydrogens (tertiary/aromatic N) is 1. The molecule has 1 aliphatic heterocycles. The van der Waals surface area contributed by atoms with E-state index in [4.69, 9.17) is 9.52 Å². The van der Waals surface area contributed by atoms with Gasteiger partial charge in [-0.05, 0) is 28.1 Å². The predicted octanol–water partition coefficient (Wildman–Crippen LogP) is 0.817. The standard InChI is InChI=1S/C11H13BrN2O4/c12-9-2-1-7(18-9)6-14-4-3-13-11(17)8(14)5-10(15)16/h1-2,8H,3-6H2,(H,13,17)(H,15,16). The molecule has 1 amide bonds. The van der Waals surface area contributed by atoms with E-state index in [9.17, 15) is 9.59 Å². The SMILES string of the molecule is O=C(O)CC1C(=O)NCCN1Cc1ccc(Br)o1. The first-order valence-electron chi connectivity index (χ1n) is 5.54. The smallest absolute Gasteiger partial charge is 0.305 e. The largest absolute Gasteiger partial charge is 0.481 e. The molecular formula is C11H13BrN2O4. The molecule has 1 saturated heterocycles. The normalized spacial score (nSPS) is 20.7. The molecule has 0 spiro atoms. The summed E-state index contributed by atoms with van der Waals surface area (Å²) < 4.78 is 5.99. The lowest BCUT2D eigenvalue weighted by atomic mass is 10.1. The molecule has 1 fully saturated rings. The van der Waals surface area contributed by atoms with Crippen molar-refractivity contribution in [2.45, 2.75) is 19.0 Å². The van der Waals surface area contributed by atoms with Gasteiger partial charge in [-0.15, -0.1) is 0 Å². The highest BCUT2D eigenvalue weighted by atomic mass is 79.9. The Balaban J connectivity index is 2.07. The lowest BCUT2D eigenvalue weighted by Crippen LogP contribution is -2.55. The van der Waals surface area contributed by atoms with Crippen molar-refractivity contribution in [2.75, 3.05) is 13.1 Å². The van der Waals surface area contributed by atoms with E-state index in [0.717, 1.165) is 0 Å². The summed E-state index contributed by atoms with van der Waals surface area (Å²) in [6.45, 7) is 1.57. The molecule has 0 aliphatic carbocycles. The molecular weight excluding hydrogens is 304 g/mol. The number of halogens is 1. The molecule has 1 aliphatic rings. The molecule has 0 bridgehead atoms. The second-order valence-corrected chi connectivity index (χ2v) is 4.86. The maximum absolute atomic E-state index is 11.7. The minimum absolute atomic E-state index is 0.201. The van der Waals surface area contributed by atoms with Crippen LogP contribution in [0.4, 0.5) is 0 Å². The van der Waals surface area contributed by atoms with Crippen molar-refractivity contribution in [3.8, 4) is 0 Å². The summed E-state index contributed by atoms with van der Waals surface area (Å²) in [7, 11) is 0. The van der Waals surface area contributed by atoms with Gasteiger partial charge in [-0.1, -0.05) is 0 Å². The third kappa shape index (κ3) is 3.11. The van der Waals surface area contributed by atoms with Crippen LogP contribution in [0.2, 0.25) is 0 Å². The first-order valence-corrected chi connectivity index (χ1v) is 6.33. The van der Waals surface area contributed by atoms with Gasteiger partial charge in [0.25, 0.3) is 0 Å². The number of furan rings is 1. The van der Waals surface area contributed by atoms with Crippen LogP contribution in [-0.4, -0.2) is 41.0 Å². The second kappa shape index (κ2) is 5.53. The van der Waals surface area contributed by atoms with Gasteiger partial charge in [0.1, 0.15) is 11.8 Å². The summed E-state index contributed by atoms with van der Waals surface area (Å²) in [6, 6.07) is 2.93. The van der Waals surface area contributed by atoms with E-state index in [1.165, 1.54) is 0 Å². The van der Waals surface area contributed by atoms with Crippen LogP contribution in [0.3, 0.4) is 0 Å². The van der Waals surface area contributed by atoms with Gasteiger partial charge < -0.3 is 14.8 Å². The molecule has 98 valence electrons. The maximum atomic E-state index is 11.7. The van der Waals surface area contributed by atoms with Gasteiger partial charge in [-0.3, -0.25) is 14.5 Å². The fourth-order valence-electron chi connectivity index (χ4n) is 1.98. The zero-order chi connectivity index (χ0) is 13.1. The highest BCUT2D eigenvalue weighted by Crippen LogP contribution is 2.18. The molecule has 0 saturated carbocycles. The Bertz CT molecular complexity index is 460. The van der Waals surface area contributed by atoms with E-state index in [2.05, 4.69) is 21.2 Å². The van der Waals surface area contributed by atoms with Crippen molar-refractivity contribution in [2.24, 2.45) is 0 Å². The molecule has 2 N–H and O–H groups in total. The van der Waals surface area contributed by atoms with Gasteiger partial charge >= 0.3 is 5.97 Å². The first kappa shape index (κ1) is 13.1. The molecule has 1 unspecified atom stereocenters. The summed E-state index contributed by atoms with van der Waals surface area (Å²) in [5.74, 6) is -0.524. The van der Waals surface area contributed by atoms with E-state index in [1.54, 1.807) is 12.1 Å². The minimum atomic E-state index is -0.984. The number of hydrogen-bond acceptors (Lipinski definition) is 4. The van der Waals surface area contributed by atoms with Gasteiger partial charge in [0.2, 0.25) is 5.91 Å². The number of carboxylic acid groups (broad SMARTS) is 1. The van der Waals surface area contributed by atoms with Crippen LogP contribution in [0.1, 0.15) is 12.2 Å². The Morgan fingerprint density at radius 2 is 2.39 bits per heavy atom. The number of rotatable bonds is 4. The number of carboxylic acids is 1. The first-order chi connectivity index (χ1) is 8.56. The Morgan fingerprint density at radius 1 is 1.61 bits per heavy atom. The lowest BCUT2D eigenvalue weighted by Gasteiger charge is -2.33. The van der Waals surface area contributed by atoms with E-state index < -0.39 is 12.0 Å². The third-order valence-electron chi connectivity index (χ3n) is 2.80. The molecule has 1 aromatic rings. The topological polar surface area (TPSA) is 82.8 Å². The van der Waals surface area contributed by atoms with Crippen molar-refractivity contribution in [1.82, 2.24) is 10.2 Å². The number of aliphatic carboxylic acids is 1. The molecule has 7 heteroatoms. The summed E-state index contributed by atoms with van der Waals surface area (Å²) >= 11 is 3.21. The van der Waals surface area contributed by atoms with Gasteiger partial charge in [-0.2, -0.15) is 0 Å². The molecule has 1 atom stereocenters. The van der Waals surface area contributed by atoms with E-state index in [0.29, 0.717) is 30.1 Å². The molecule has 0 aromatic carbocycles. The fraction of sp³-hybridized carbons (Fsp3) is 0.455. The number of hydrogen-bond donors (Lipinski definition) is 2. The summed E-state index contributed by atoms with van der Waals surface area (Å²) in [5, 5.41) is 11.5. The van der Waals surface area contributed by atoms with Crippen LogP contribution in [0.5, 0.6) is 0 Å². The van der Waals surface area contributed by atoms with Gasteiger partial charge in [0.05, 0.1) is 13.0 Å². The third-order valence-corrected chi connectivity index (χ3v) is 3.22. The highest BCUT2D eigenvalue weighted by molar-refractivity contribution is 9.10. The van der Waals surface area contributed by atoms with Gasteiger partial charge in [0, 0.05) is 13.1 Å². The summed E-state index contributed by atoms with van der Waals surface area (Å²) in [6.07, 6.45) is -0.201. The van der Waals surface area contributed by atoms with Crippen molar-refractivity contribution in [3.63, 3.8) is 0 Å². The Hall–Kier alpha value is -1.34. The average Bonchev–Trinajstić information content (AvgIpc) is 2.69. The molecule has 2 rings (SSSR count). The molecule has 1 aromatic heterocycles. The quantitative estimate of drug-likeness (QED) is 0.859. The van der Waals surface area contributed by atoms with E-state index in [1.807, 2.05) is 4.90 Å². The Morgan fingerprint density at radius 3 is 3.00 bits per heavy atom. The maximum Gasteiger partial charge on any atom is 0.305 e. The van der Waals surface area contributed by atoms with Gasteiger partial charge in [0.15, 0.2) is 4.67 Å². The van der Waals surface area contributed by atoms with Crippen LogP contribution >= 0.6 is 15.9 Å². The van der Waals surface area contributed by atoms with Crippen LogP contribution in [0, 0.1) is 0 Å². The number of carbonyl (C=O) groups excluding carboxylic acids is 1. The summed E-state index contributed by atoms with van der Waals surface area (Å²) in [4.78, 5) is 24.3. The van der Waals surface area contributed by atoms with Crippen LogP contribution in [0.25, 0.3) is 0 Å². The highest BCUT2D eigenvalue weighted by Gasteiger charge is 2.31. The molecule has 6 nitrogen and oxygen atoms in total. The number of piperazine rings is 1. The zero-order valence-electron chi connectivity index (χ0n) is 9.56. The Labute approximate surface area is 112 Å². The monoisotopic (exact) mass is 316 g/mol. The Kier molecular flexibility index (Phi) is 4.03. The van der Waals surface area contributed by atoms with E-state index >= 15 is 0 Å². The zero-order valence-corrected chi connectivity index (χ0v) is 11.1. The molecule has 18 heavy (non-hydrogen) atoms. The van der Waals surface area contributed by atoms with Crippen molar-refractivity contribution < 1.29 is 19.1 Å². The van der Waals surface area contributed by atoms with Crippen LogP contribution in [0.15, 0.2) is 21.2 Å². The number of carbonyl (C=O) groups is 2. The van der Waals surface area contributed by atoms with Crippen molar-refractivity contribution in [1.29, 1.82) is 0 Å². The van der Waals surface area contributed by atoms with Crippen molar-refractivity contribution >= 4 is 27.8 Å². The fourth-order valence-corrected chi connectivity index (χ4v) is 2.32. The molecule has 0 radical (unpaired) electrons.